The van der Waals surface area contributed by atoms with E-state index in [1.54, 1.807) is 53.2 Å². The van der Waals surface area contributed by atoms with Crippen LogP contribution in [0.1, 0.15) is 34.6 Å². The first kappa shape index (κ1) is 23.7. The van der Waals surface area contributed by atoms with Gasteiger partial charge in [-0.1, -0.05) is 11.6 Å². The minimum Gasteiger partial charge on any atom is -0.355 e. The molecule has 3 heterocycles. The number of anilines is 2. The van der Waals surface area contributed by atoms with Gasteiger partial charge in [0.25, 0.3) is 0 Å². The summed E-state index contributed by atoms with van der Waals surface area (Å²) in [6.07, 6.45) is 0.497. The van der Waals surface area contributed by atoms with Crippen molar-refractivity contribution in [3.8, 4) is 0 Å². The lowest BCUT2D eigenvalue weighted by molar-refractivity contribution is -0.137. The Balaban J connectivity index is 1.33. The Kier molecular flexibility index (Phi) is 6.60. The number of aromatic nitrogens is 3. The number of benzene rings is 1. The third-order valence-corrected chi connectivity index (χ3v) is 6.03. The number of carbonyl (C=O) groups is 2. The first-order valence-electron chi connectivity index (χ1n) is 10.5. The van der Waals surface area contributed by atoms with Gasteiger partial charge >= 0.3 is 6.18 Å². The maximum absolute atomic E-state index is 12.8. The van der Waals surface area contributed by atoms with Gasteiger partial charge in [0.1, 0.15) is 5.82 Å². The summed E-state index contributed by atoms with van der Waals surface area (Å²) in [5.74, 6) is -0.0337. The number of piperidine rings is 1. The molecule has 1 aliphatic rings. The zero-order valence-electron chi connectivity index (χ0n) is 18.1. The number of hydrogen-bond acceptors (Lipinski definition) is 5. The van der Waals surface area contributed by atoms with Crippen LogP contribution in [0.15, 0.2) is 48.9 Å². The number of halogens is 4. The number of nitrogens with one attached hydrogen (secondary N) is 1. The Hall–Kier alpha value is -3.40. The Morgan fingerprint density at radius 2 is 1.79 bits per heavy atom. The van der Waals surface area contributed by atoms with Crippen molar-refractivity contribution in [2.75, 3.05) is 23.3 Å². The van der Waals surface area contributed by atoms with Crippen LogP contribution in [0.5, 0.6) is 0 Å². The molecule has 178 valence electrons. The number of carbonyl (C=O) groups excluding carboxylic acids is 2. The van der Waals surface area contributed by atoms with E-state index in [4.69, 9.17) is 11.6 Å². The largest absolute Gasteiger partial charge is 0.417 e. The van der Waals surface area contributed by atoms with E-state index >= 15 is 0 Å². The van der Waals surface area contributed by atoms with Gasteiger partial charge in [0.05, 0.1) is 10.6 Å². The lowest BCUT2D eigenvalue weighted by Crippen LogP contribution is -2.38. The summed E-state index contributed by atoms with van der Waals surface area (Å²) in [4.78, 5) is 34.9. The summed E-state index contributed by atoms with van der Waals surface area (Å²) in [7, 11) is 1.74. The highest BCUT2D eigenvalue weighted by atomic mass is 35.5. The van der Waals surface area contributed by atoms with Gasteiger partial charge in [-0.2, -0.15) is 13.2 Å². The van der Waals surface area contributed by atoms with Crippen LogP contribution in [0, 0.1) is 5.92 Å². The Bertz CT molecular complexity index is 1200. The van der Waals surface area contributed by atoms with E-state index in [1.807, 2.05) is 0 Å². The van der Waals surface area contributed by atoms with Crippen LogP contribution >= 0.6 is 11.6 Å². The summed E-state index contributed by atoms with van der Waals surface area (Å²) >= 11 is 6.04. The summed E-state index contributed by atoms with van der Waals surface area (Å²) in [5, 5.41) is 2.79. The predicted molar refractivity (Wildman–Crippen MR) is 121 cm³/mol. The molecule has 1 fully saturated rings. The minimum absolute atomic E-state index is 0.0714. The van der Waals surface area contributed by atoms with Crippen LogP contribution in [-0.2, 0) is 18.0 Å². The fourth-order valence-corrected chi connectivity index (χ4v) is 4.12. The highest BCUT2D eigenvalue weighted by molar-refractivity contribution is 6.33. The zero-order chi connectivity index (χ0) is 24.5. The zero-order valence-corrected chi connectivity index (χ0v) is 18.9. The van der Waals surface area contributed by atoms with Crippen molar-refractivity contribution in [2.45, 2.75) is 19.0 Å². The second-order valence-corrected chi connectivity index (χ2v) is 8.45. The first-order valence-corrected chi connectivity index (χ1v) is 10.9. The number of amides is 1. The van der Waals surface area contributed by atoms with Gasteiger partial charge in [0, 0.05) is 55.9 Å². The third-order valence-electron chi connectivity index (χ3n) is 5.75. The van der Waals surface area contributed by atoms with Crippen molar-refractivity contribution in [2.24, 2.45) is 13.0 Å². The molecule has 3 aromatic rings. The maximum atomic E-state index is 12.8. The fourth-order valence-electron chi connectivity index (χ4n) is 3.83. The molecule has 1 N–H and O–H groups in total. The van der Waals surface area contributed by atoms with Crippen LogP contribution in [0.2, 0.25) is 5.02 Å². The molecule has 34 heavy (non-hydrogen) atoms. The van der Waals surface area contributed by atoms with Crippen LogP contribution in [-0.4, -0.2) is 39.3 Å². The molecule has 0 aliphatic carbocycles. The molecule has 1 saturated heterocycles. The Morgan fingerprint density at radius 1 is 1.12 bits per heavy atom. The molecule has 0 bridgehead atoms. The van der Waals surface area contributed by atoms with Crippen molar-refractivity contribution in [1.29, 1.82) is 0 Å². The Morgan fingerprint density at radius 3 is 2.35 bits per heavy atom. The van der Waals surface area contributed by atoms with Crippen molar-refractivity contribution in [1.82, 2.24) is 14.5 Å². The van der Waals surface area contributed by atoms with Crippen molar-refractivity contribution < 1.29 is 22.8 Å². The van der Waals surface area contributed by atoms with Gasteiger partial charge in [0.15, 0.2) is 5.82 Å². The van der Waals surface area contributed by atoms with E-state index in [2.05, 4.69) is 15.3 Å². The number of alkyl halides is 3. The highest BCUT2D eigenvalue weighted by Gasteiger charge is 2.33. The number of nitrogens with zero attached hydrogens (tertiary/aromatic N) is 4. The molecule has 0 saturated carbocycles. The van der Waals surface area contributed by atoms with Crippen molar-refractivity contribution in [3.63, 3.8) is 0 Å². The smallest absolute Gasteiger partial charge is 0.355 e. The second-order valence-electron chi connectivity index (χ2n) is 8.05. The van der Waals surface area contributed by atoms with E-state index in [0.717, 1.165) is 12.3 Å². The molecule has 1 amide bonds. The van der Waals surface area contributed by atoms with Gasteiger partial charge in [0.2, 0.25) is 11.7 Å². The van der Waals surface area contributed by atoms with E-state index in [0.29, 0.717) is 43.0 Å². The number of aryl methyl sites for hydroxylation is 1. The number of hydrogen-bond donors (Lipinski definition) is 1. The summed E-state index contributed by atoms with van der Waals surface area (Å²) in [6, 6.07) is 7.45. The molecule has 11 heteroatoms. The average molecular weight is 492 g/mol. The number of pyridine rings is 1. The van der Waals surface area contributed by atoms with Gasteiger partial charge in [-0.05, 0) is 43.2 Å². The number of imidazole rings is 1. The summed E-state index contributed by atoms with van der Waals surface area (Å²) < 4.78 is 40.1. The molecule has 0 radical (unpaired) electrons. The SMILES string of the molecule is Cn1ccnc1C(=O)c1ccc(NC(=O)C2CCN(c3ncc(C(F)(F)F)cc3Cl)CC2)cc1. The molecule has 1 aromatic carbocycles. The molecule has 0 atom stereocenters. The van der Waals surface area contributed by atoms with Gasteiger partial charge < -0.3 is 14.8 Å². The molecular formula is C23H21ClF3N5O2. The quantitative estimate of drug-likeness (QED) is 0.529. The molecular weight excluding hydrogens is 471 g/mol. The standard InChI is InChI=1S/C23H21ClF3N5O2/c1-31-11-8-28-21(31)19(33)14-2-4-17(5-3-14)30-22(34)15-6-9-32(10-7-15)20-18(24)12-16(13-29-20)23(25,26)27/h2-5,8,11-13,15H,6-7,9-10H2,1H3,(H,30,34). The van der Waals surface area contributed by atoms with E-state index < -0.39 is 11.7 Å². The number of rotatable bonds is 5. The van der Waals surface area contributed by atoms with Crippen LogP contribution in [0.3, 0.4) is 0 Å². The molecule has 4 rings (SSSR count). The van der Waals surface area contributed by atoms with Crippen LogP contribution in [0.25, 0.3) is 0 Å². The summed E-state index contributed by atoms with van der Waals surface area (Å²) in [6.45, 7) is 0.876. The van der Waals surface area contributed by atoms with E-state index in [-0.39, 0.29) is 28.4 Å². The molecule has 0 spiro atoms. The number of ketones is 1. The van der Waals surface area contributed by atoms with Crippen LogP contribution < -0.4 is 10.2 Å². The normalized spacial score (nSPS) is 14.8. The van der Waals surface area contributed by atoms with E-state index in [1.165, 1.54) is 0 Å². The third kappa shape index (κ3) is 5.06. The molecule has 0 unspecified atom stereocenters. The fraction of sp³-hybridized carbons (Fsp3) is 0.304. The van der Waals surface area contributed by atoms with Gasteiger partial charge in [-0.15, -0.1) is 0 Å². The molecule has 1 aliphatic heterocycles. The van der Waals surface area contributed by atoms with E-state index in [9.17, 15) is 22.8 Å². The topological polar surface area (TPSA) is 80.1 Å². The molecule has 7 nitrogen and oxygen atoms in total. The maximum Gasteiger partial charge on any atom is 0.417 e. The lowest BCUT2D eigenvalue weighted by atomic mass is 9.95. The van der Waals surface area contributed by atoms with Crippen LogP contribution in [0.4, 0.5) is 24.7 Å². The molecule has 2 aromatic heterocycles. The Labute approximate surface area is 198 Å². The van der Waals surface area contributed by atoms with Gasteiger partial charge in [-0.3, -0.25) is 9.59 Å². The van der Waals surface area contributed by atoms with Crippen molar-refractivity contribution >= 4 is 34.8 Å². The summed E-state index contributed by atoms with van der Waals surface area (Å²) in [5.41, 5.74) is 0.126. The second kappa shape index (κ2) is 9.46. The van der Waals surface area contributed by atoms with Gasteiger partial charge in [-0.25, -0.2) is 9.97 Å². The first-order chi connectivity index (χ1) is 16.1. The highest BCUT2D eigenvalue weighted by Crippen LogP contribution is 2.34. The minimum atomic E-state index is -4.51. The van der Waals surface area contributed by atoms with Crippen molar-refractivity contribution in [3.05, 3.63) is 70.9 Å². The average Bonchev–Trinajstić information content (AvgIpc) is 3.24. The lowest BCUT2D eigenvalue weighted by Gasteiger charge is -2.32. The monoisotopic (exact) mass is 491 g/mol. The predicted octanol–water partition coefficient (Wildman–Crippen LogP) is 4.57.